The van der Waals surface area contributed by atoms with Gasteiger partial charge in [0.1, 0.15) is 17.7 Å². The number of oxazole rings is 1. The van der Waals surface area contributed by atoms with Crippen molar-refractivity contribution in [2.75, 3.05) is 5.32 Å². The molecular weight excluding hydrogens is 400 g/mol. The number of H-pyrrole nitrogens is 1. The maximum absolute atomic E-state index is 12.8. The van der Waals surface area contributed by atoms with Crippen LogP contribution in [0, 0.1) is 0 Å². The number of anilines is 1. The summed E-state index contributed by atoms with van der Waals surface area (Å²) in [6.45, 7) is 0. The molecule has 1 fully saturated rings. The monoisotopic (exact) mass is 420 g/mol. The smallest absolute Gasteiger partial charge is 0.277 e. The molecule has 4 heterocycles. The van der Waals surface area contributed by atoms with E-state index in [0.717, 1.165) is 25.7 Å². The minimum atomic E-state index is -0.428. The van der Waals surface area contributed by atoms with Crippen LogP contribution in [0.3, 0.4) is 0 Å². The summed E-state index contributed by atoms with van der Waals surface area (Å²) in [6.07, 6.45) is 13.8. The fraction of sp³-hybridized carbons (Fsp3) is 0.300. The van der Waals surface area contributed by atoms with Gasteiger partial charge in [0.15, 0.2) is 5.69 Å². The zero-order valence-corrected chi connectivity index (χ0v) is 16.5. The number of rotatable bonds is 5. The third-order valence-electron chi connectivity index (χ3n) is 5.31. The van der Waals surface area contributed by atoms with Crippen molar-refractivity contribution in [2.45, 2.75) is 37.8 Å². The number of aromatic nitrogens is 7. The van der Waals surface area contributed by atoms with Crippen molar-refractivity contribution < 1.29 is 14.3 Å². The Bertz CT molecular complexity index is 1160. The molecular formula is C20H20N8O3. The van der Waals surface area contributed by atoms with Crippen LogP contribution in [0.4, 0.5) is 5.69 Å². The first-order chi connectivity index (χ1) is 15.2. The van der Waals surface area contributed by atoms with E-state index < -0.39 is 5.91 Å². The summed E-state index contributed by atoms with van der Waals surface area (Å²) in [5, 5.41) is 23.9. The second kappa shape index (κ2) is 8.11. The maximum Gasteiger partial charge on any atom is 0.277 e. The van der Waals surface area contributed by atoms with Crippen molar-refractivity contribution in [1.82, 2.24) is 34.9 Å². The molecule has 0 atom stereocenters. The highest BCUT2D eigenvalue weighted by Gasteiger charge is 2.25. The number of nitrogens with one attached hydrogen (secondary N) is 2. The number of nitrogens with zero attached hydrogens (tertiary/aromatic N) is 6. The van der Waals surface area contributed by atoms with E-state index >= 15 is 0 Å². The predicted octanol–water partition coefficient (Wildman–Crippen LogP) is 2.45. The van der Waals surface area contributed by atoms with Gasteiger partial charge in [0.2, 0.25) is 5.89 Å². The maximum atomic E-state index is 12.8. The van der Waals surface area contributed by atoms with Crippen molar-refractivity contribution >= 4 is 11.6 Å². The summed E-state index contributed by atoms with van der Waals surface area (Å²) in [5.41, 5.74) is 2.35. The number of aliphatic hydroxyl groups is 1. The van der Waals surface area contributed by atoms with Gasteiger partial charge in [0, 0.05) is 24.8 Å². The van der Waals surface area contributed by atoms with Gasteiger partial charge in [0.25, 0.3) is 5.91 Å². The molecule has 0 aromatic carbocycles. The van der Waals surface area contributed by atoms with Gasteiger partial charge >= 0.3 is 0 Å². The molecule has 5 rings (SSSR count). The van der Waals surface area contributed by atoms with Crippen molar-refractivity contribution in [1.29, 1.82) is 0 Å². The molecule has 0 radical (unpaired) electrons. The van der Waals surface area contributed by atoms with Crippen LogP contribution < -0.4 is 5.32 Å². The lowest BCUT2D eigenvalue weighted by atomic mass is 9.93. The summed E-state index contributed by atoms with van der Waals surface area (Å²) in [7, 11) is 0. The Kier molecular flexibility index (Phi) is 5.00. The lowest BCUT2D eigenvalue weighted by molar-refractivity contribution is 0.102. The highest BCUT2D eigenvalue weighted by atomic mass is 16.3. The number of carbonyl (C=O) groups excluding carboxylic acids is 1. The highest BCUT2D eigenvalue weighted by molar-refractivity contribution is 6.04. The van der Waals surface area contributed by atoms with Crippen LogP contribution in [0.25, 0.3) is 22.8 Å². The van der Waals surface area contributed by atoms with Gasteiger partial charge in [-0.3, -0.25) is 24.5 Å². The topological polar surface area (TPSA) is 148 Å². The Morgan fingerprint density at radius 1 is 1.23 bits per heavy atom. The summed E-state index contributed by atoms with van der Waals surface area (Å²) >= 11 is 0. The number of carbonyl (C=O) groups is 1. The first kappa shape index (κ1) is 19.1. The summed E-state index contributed by atoms with van der Waals surface area (Å²) in [6, 6.07) is 0.143. The molecule has 0 spiro atoms. The average Bonchev–Trinajstić information content (AvgIpc) is 3.55. The Morgan fingerprint density at radius 2 is 2.10 bits per heavy atom. The largest absolute Gasteiger partial charge is 0.444 e. The van der Waals surface area contributed by atoms with Crippen LogP contribution in [-0.2, 0) is 0 Å². The Morgan fingerprint density at radius 3 is 2.84 bits per heavy atom. The molecule has 1 amide bonds. The van der Waals surface area contributed by atoms with Gasteiger partial charge in [-0.05, 0) is 25.7 Å². The van der Waals surface area contributed by atoms with E-state index in [4.69, 9.17) is 4.42 Å². The zero-order chi connectivity index (χ0) is 21.2. The van der Waals surface area contributed by atoms with Crippen LogP contribution >= 0.6 is 0 Å². The molecule has 11 nitrogen and oxygen atoms in total. The van der Waals surface area contributed by atoms with Crippen LogP contribution in [0.5, 0.6) is 0 Å². The second-order valence-corrected chi connectivity index (χ2v) is 7.40. The fourth-order valence-electron chi connectivity index (χ4n) is 3.67. The average molecular weight is 420 g/mol. The van der Waals surface area contributed by atoms with Crippen LogP contribution in [0.1, 0.15) is 42.2 Å². The van der Waals surface area contributed by atoms with Gasteiger partial charge in [0.05, 0.1) is 35.8 Å². The molecule has 4 aromatic rings. The Balaban J connectivity index is 1.42. The van der Waals surface area contributed by atoms with E-state index in [1.165, 1.54) is 6.26 Å². The summed E-state index contributed by atoms with van der Waals surface area (Å²) in [5.74, 6) is -0.133. The lowest BCUT2D eigenvalue weighted by Crippen LogP contribution is -2.21. The number of hydrogen-bond donors (Lipinski definition) is 3. The van der Waals surface area contributed by atoms with Crippen molar-refractivity contribution in [2.24, 2.45) is 0 Å². The molecule has 1 aliphatic carbocycles. The molecule has 4 aromatic heterocycles. The minimum Gasteiger partial charge on any atom is -0.444 e. The van der Waals surface area contributed by atoms with E-state index in [9.17, 15) is 9.90 Å². The SMILES string of the molecule is O=C(Nc1cn(C2CCC(O)CC2)nc1-c1cnccn1)c1coc(-c2cn[nH]c2)n1. The van der Waals surface area contributed by atoms with E-state index in [1.807, 2.05) is 4.68 Å². The number of amides is 1. The summed E-state index contributed by atoms with van der Waals surface area (Å²) < 4.78 is 7.23. The Labute approximate surface area is 176 Å². The normalized spacial score (nSPS) is 18.7. The molecule has 11 heteroatoms. The van der Waals surface area contributed by atoms with Crippen LogP contribution in [0.2, 0.25) is 0 Å². The molecule has 0 unspecified atom stereocenters. The molecule has 1 saturated carbocycles. The molecule has 0 aliphatic heterocycles. The van der Waals surface area contributed by atoms with Crippen molar-refractivity contribution in [3.63, 3.8) is 0 Å². The van der Waals surface area contributed by atoms with E-state index in [-0.39, 0.29) is 17.8 Å². The van der Waals surface area contributed by atoms with E-state index in [1.54, 1.807) is 37.2 Å². The third-order valence-corrected chi connectivity index (χ3v) is 5.31. The number of hydrogen-bond acceptors (Lipinski definition) is 8. The van der Waals surface area contributed by atoms with Crippen LogP contribution in [0.15, 0.2) is 47.9 Å². The number of aromatic amines is 1. The quantitative estimate of drug-likeness (QED) is 0.446. The summed E-state index contributed by atoms with van der Waals surface area (Å²) in [4.78, 5) is 25.5. The van der Waals surface area contributed by atoms with E-state index in [0.29, 0.717) is 28.5 Å². The Hall–Kier alpha value is -3.86. The first-order valence-electron chi connectivity index (χ1n) is 9.97. The molecule has 1 aliphatic rings. The standard InChI is InChI=1S/C20H20N8O3/c29-14-3-1-13(2-4-14)28-10-16(18(27-28)15-9-21-5-6-22-15)25-19(30)17-11-31-20(26-17)12-7-23-24-8-12/h5-11,13-14,29H,1-4H2,(H,23,24)(H,25,30). The van der Waals surface area contributed by atoms with Gasteiger partial charge in [-0.15, -0.1) is 0 Å². The fourth-order valence-corrected chi connectivity index (χ4v) is 3.67. The molecule has 0 bridgehead atoms. The van der Waals surface area contributed by atoms with Gasteiger partial charge in [-0.2, -0.15) is 10.2 Å². The van der Waals surface area contributed by atoms with Crippen LogP contribution in [-0.4, -0.2) is 52.0 Å². The zero-order valence-electron chi connectivity index (χ0n) is 16.5. The first-order valence-corrected chi connectivity index (χ1v) is 9.97. The van der Waals surface area contributed by atoms with E-state index in [2.05, 4.69) is 35.6 Å². The van der Waals surface area contributed by atoms with Crippen molar-refractivity contribution in [3.05, 3.63) is 49.1 Å². The molecule has 158 valence electrons. The minimum absolute atomic E-state index is 0.134. The van der Waals surface area contributed by atoms with Gasteiger partial charge in [-0.25, -0.2) is 4.98 Å². The second-order valence-electron chi connectivity index (χ2n) is 7.40. The number of aliphatic hydroxyl groups excluding tert-OH is 1. The molecule has 0 saturated heterocycles. The lowest BCUT2D eigenvalue weighted by Gasteiger charge is -2.25. The van der Waals surface area contributed by atoms with Crippen molar-refractivity contribution in [3.8, 4) is 22.8 Å². The third kappa shape index (κ3) is 3.94. The van der Waals surface area contributed by atoms with Gasteiger partial charge < -0.3 is 14.8 Å². The predicted molar refractivity (Wildman–Crippen MR) is 109 cm³/mol. The highest BCUT2D eigenvalue weighted by Crippen LogP contribution is 2.32. The van der Waals surface area contributed by atoms with Gasteiger partial charge in [-0.1, -0.05) is 0 Å². The molecule has 31 heavy (non-hydrogen) atoms. The molecule has 3 N–H and O–H groups in total.